The molecule has 0 fully saturated rings. The number of hydrogen-bond donors (Lipinski definition) is 1. The lowest BCUT2D eigenvalue weighted by Crippen LogP contribution is -2.27. The Morgan fingerprint density at radius 1 is 1.40 bits per heavy atom. The molecule has 0 amide bonds. The van der Waals surface area contributed by atoms with Crippen molar-refractivity contribution in [2.24, 2.45) is 7.05 Å². The van der Waals surface area contributed by atoms with Crippen molar-refractivity contribution < 1.29 is 0 Å². The van der Waals surface area contributed by atoms with Gasteiger partial charge in [-0.25, -0.2) is 0 Å². The zero-order valence-electron chi connectivity index (χ0n) is 12.6. The first-order chi connectivity index (χ1) is 9.65. The smallest absolute Gasteiger partial charge is 0.0540 e. The molecular weight excluding hydrogens is 246 g/mol. The predicted molar refractivity (Wildman–Crippen MR) is 81.6 cm³/mol. The third-order valence-corrected chi connectivity index (χ3v) is 4.37. The van der Waals surface area contributed by atoms with Crippen molar-refractivity contribution in [1.82, 2.24) is 15.1 Å². The molecule has 0 bridgehead atoms. The Kier molecular flexibility index (Phi) is 3.62. The molecule has 1 N–H and O–H groups in total. The van der Waals surface area contributed by atoms with E-state index >= 15 is 0 Å². The molecule has 1 aliphatic rings. The van der Waals surface area contributed by atoms with Gasteiger partial charge in [0.2, 0.25) is 0 Å². The number of fused-ring (bicyclic) bond motifs is 1. The maximum Gasteiger partial charge on any atom is 0.0540 e. The lowest BCUT2D eigenvalue weighted by Gasteiger charge is -2.27. The average molecular weight is 269 g/mol. The minimum Gasteiger partial charge on any atom is -0.303 e. The third kappa shape index (κ3) is 2.50. The van der Waals surface area contributed by atoms with Gasteiger partial charge in [0.05, 0.1) is 6.20 Å². The molecule has 2 unspecified atom stereocenters. The van der Waals surface area contributed by atoms with E-state index in [1.165, 1.54) is 35.2 Å². The third-order valence-electron chi connectivity index (χ3n) is 4.37. The highest BCUT2D eigenvalue weighted by molar-refractivity contribution is 5.28. The zero-order valence-corrected chi connectivity index (χ0v) is 12.6. The second-order valence-electron chi connectivity index (χ2n) is 5.92. The molecule has 2 atom stereocenters. The monoisotopic (exact) mass is 269 g/mol. The highest BCUT2D eigenvalue weighted by atomic mass is 15.3. The van der Waals surface area contributed by atoms with Gasteiger partial charge in [-0.3, -0.25) is 4.68 Å². The van der Waals surface area contributed by atoms with Gasteiger partial charge in [-0.05, 0) is 38.7 Å². The van der Waals surface area contributed by atoms with Crippen molar-refractivity contribution >= 4 is 0 Å². The second-order valence-corrected chi connectivity index (χ2v) is 5.92. The highest BCUT2D eigenvalue weighted by Crippen LogP contribution is 2.31. The van der Waals surface area contributed by atoms with Gasteiger partial charge in [0.25, 0.3) is 0 Å². The van der Waals surface area contributed by atoms with Crippen LogP contribution in [0.1, 0.15) is 54.2 Å². The van der Waals surface area contributed by atoms with Crippen LogP contribution in [0.2, 0.25) is 0 Å². The van der Waals surface area contributed by atoms with Crippen LogP contribution in [0.4, 0.5) is 0 Å². The molecule has 20 heavy (non-hydrogen) atoms. The summed E-state index contributed by atoms with van der Waals surface area (Å²) in [4.78, 5) is 0. The number of aromatic nitrogens is 2. The van der Waals surface area contributed by atoms with Crippen molar-refractivity contribution in [3.05, 3.63) is 52.8 Å². The van der Waals surface area contributed by atoms with E-state index in [9.17, 15) is 0 Å². The van der Waals surface area contributed by atoms with E-state index in [2.05, 4.69) is 48.5 Å². The van der Waals surface area contributed by atoms with Gasteiger partial charge >= 0.3 is 0 Å². The highest BCUT2D eigenvalue weighted by Gasteiger charge is 2.24. The first kappa shape index (κ1) is 13.4. The molecule has 3 nitrogen and oxygen atoms in total. The van der Waals surface area contributed by atoms with Crippen LogP contribution in [0, 0.1) is 6.92 Å². The first-order valence-electron chi connectivity index (χ1n) is 7.48. The molecule has 0 radical (unpaired) electrons. The molecule has 1 heterocycles. The Balaban J connectivity index is 1.78. The van der Waals surface area contributed by atoms with E-state index in [0.29, 0.717) is 12.1 Å². The molecule has 1 aromatic heterocycles. The number of nitrogens with one attached hydrogen (secondary N) is 1. The van der Waals surface area contributed by atoms with Gasteiger partial charge in [0.1, 0.15) is 0 Å². The summed E-state index contributed by atoms with van der Waals surface area (Å²) in [5.74, 6) is 0. The topological polar surface area (TPSA) is 29.9 Å². The SMILES string of the molecule is Cc1cccc(C(C)NC2CCCc3c2cnn3C)c1. The van der Waals surface area contributed by atoms with Crippen molar-refractivity contribution in [3.8, 4) is 0 Å². The molecule has 106 valence electrons. The fourth-order valence-electron chi connectivity index (χ4n) is 3.22. The van der Waals surface area contributed by atoms with E-state index in [0.717, 1.165) is 6.42 Å². The maximum absolute atomic E-state index is 4.42. The van der Waals surface area contributed by atoms with Crippen LogP contribution in [-0.4, -0.2) is 9.78 Å². The first-order valence-corrected chi connectivity index (χ1v) is 7.48. The van der Waals surface area contributed by atoms with E-state index in [1.54, 1.807) is 0 Å². The van der Waals surface area contributed by atoms with Crippen LogP contribution < -0.4 is 5.32 Å². The molecule has 3 rings (SSSR count). The average Bonchev–Trinajstić information content (AvgIpc) is 2.82. The van der Waals surface area contributed by atoms with E-state index in [-0.39, 0.29) is 0 Å². The Bertz CT molecular complexity index is 600. The molecule has 3 heteroatoms. The van der Waals surface area contributed by atoms with Gasteiger partial charge in [-0.1, -0.05) is 29.8 Å². The summed E-state index contributed by atoms with van der Waals surface area (Å²) >= 11 is 0. The van der Waals surface area contributed by atoms with Crippen molar-refractivity contribution in [2.75, 3.05) is 0 Å². The standard InChI is InChI=1S/C17H23N3/c1-12-6-4-7-14(10-12)13(2)19-16-8-5-9-17-15(16)11-18-20(17)3/h4,6-7,10-11,13,16,19H,5,8-9H2,1-3H3. The molecule has 1 aliphatic carbocycles. The van der Waals surface area contributed by atoms with Crippen molar-refractivity contribution in [1.29, 1.82) is 0 Å². The van der Waals surface area contributed by atoms with Crippen LogP contribution in [0.5, 0.6) is 0 Å². The lowest BCUT2D eigenvalue weighted by molar-refractivity contribution is 0.411. The van der Waals surface area contributed by atoms with Crippen molar-refractivity contribution in [3.63, 3.8) is 0 Å². The molecule has 1 aromatic carbocycles. The molecule has 0 spiro atoms. The van der Waals surface area contributed by atoms with Crippen LogP contribution in [0.25, 0.3) is 0 Å². The number of rotatable bonds is 3. The number of hydrogen-bond acceptors (Lipinski definition) is 2. The molecular formula is C17H23N3. The number of aryl methyl sites for hydroxylation is 2. The fraction of sp³-hybridized carbons (Fsp3) is 0.471. The molecule has 0 saturated heterocycles. The van der Waals surface area contributed by atoms with Crippen LogP contribution in [0.15, 0.2) is 30.5 Å². The quantitative estimate of drug-likeness (QED) is 0.925. The predicted octanol–water partition coefficient (Wildman–Crippen LogP) is 3.46. The maximum atomic E-state index is 4.42. The summed E-state index contributed by atoms with van der Waals surface area (Å²) in [5.41, 5.74) is 5.46. The minimum atomic E-state index is 0.367. The summed E-state index contributed by atoms with van der Waals surface area (Å²) in [6.45, 7) is 4.40. The Hall–Kier alpha value is -1.61. The van der Waals surface area contributed by atoms with E-state index in [4.69, 9.17) is 0 Å². The number of benzene rings is 1. The summed E-state index contributed by atoms with van der Waals surface area (Å²) in [5, 5.41) is 8.20. The summed E-state index contributed by atoms with van der Waals surface area (Å²) < 4.78 is 2.03. The summed E-state index contributed by atoms with van der Waals surface area (Å²) in [7, 11) is 2.05. The van der Waals surface area contributed by atoms with E-state index in [1.807, 2.05) is 17.9 Å². The minimum absolute atomic E-state index is 0.367. The van der Waals surface area contributed by atoms with Gasteiger partial charge in [0.15, 0.2) is 0 Å². The Labute approximate surface area is 121 Å². The summed E-state index contributed by atoms with van der Waals surface area (Å²) in [6.07, 6.45) is 5.64. The van der Waals surface area contributed by atoms with E-state index < -0.39 is 0 Å². The zero-order chi connectivity index (χ0) is 14.1. The van der Waals surface area contributed by atoms with Gasteiger partial charge < -0.3 is 5.32 Å². The van der Waals surface area contributed by atoms with Crippen LogP contribution >= 0.6 is 0 Å². The Morgan fingerprint density at radius 2 is 2.25 bits per heavy atom. The van der Waals surface area contributed by atoms with Gasteiger partial charge in [-0.2, -0.15) is 5.10 Å². The second kappa shape index (κ2) is 5.41. The van der Waals surface area contributed by atoms with Gasteiger partial charge in [0, 0.05) is 30.4 Å². The number of nitrogens with zero attached hydrogens (tertiary/aromatic N) is 2. The van der Waals surface area contributed by atoms with Crippen LogP contribution in [0.3, 0.4) is 0 Å². The van der Waals surface area contributed by atoms with Crippen LogP contribution in [-0.2, 0) is 13.5 Å². The normalized spacial score (nSPS) is 19.6. The van der Waals surface area contributed by atoms with Gasteiger partial charge in [-0.15, -0.1) is 0 Å². The summed E-state index contributed by atoms with van der Waals surface area (Å²) in [6, 6.07) is 9.56. The lowest BCUT2D eigenvalue weighted by atomic mass is 9.92. The fourth-order valence-corrected chi connectivity index (χ4v) is 3.22. The Morgan fingerprint density at radius 3 is 3.05 bits per heavy atom. The molecule has 2 aromatic rings. The molecule has 0 aliphatic heterocycles. The molecule has 0 saturated carbocycles. The van der Waals surface area contributed by atoms with Crippen molar-refractivity contribution in [2.45, 2.75) is 45.2 Å². The largest absolute Gasteiger partial charge is 0.303 e.